The number of anilines is 1. The first-order chi connectivity index (χ1) is 8.99. The van der Waals surface area contributed by atoms with Gasteiger partial charge in [-0.05, 0) is 18.6 Å². The zero-order valence-electron chi connectivity index (χ0n) is 10.8. The molecule has 0 aliphatic heterocycles. The number of rotatable bonds is 4. The fraction of sp³-hybridized carbons (Fsp3) is 0.231. The van der Waals surface area contributed by atoms with Crippen molar-refractivity contribution in [2.45, 2.75) is 6.92 Å². The van der Waals surface area contributed by atoms with Crippen LogP contribution in [0.15, 0.2) is 30.0 Å². The molecular formula is C13H14FNO4. The van der Waals surface area contributed by atoms with E-state index in [2.05, 4.69) is 14.8 Å². The Morgan fingerprint density at radius 2 is 1.95 bits per heavy atom. The summed E-state index contributed by atoms with van der Waals surface area (Å²) < 4.78 is 22.7. The Morgan fingerprint density at radius 1 is 1.26 bits per heavy atom. The second-order valence-electron chi connectivity index (χ2n) is 3.63. The summed E-state index contributed by atoms with van der Waals surface area (Å²) in [6.45, 7) is 1.59. The molecule has 1 aromatic rings. The van der Waals surface area contributed by atoms with Crippen molar-refractivity contribution in [2.75, 3.05) is 19.5 Å². The summed E-state index contributed by atoms with van der Waals surface area (Å²) in [6, 6.07) is 4.65. The van der Waals surface area contributed by atoms with Gasteiger partial charge in [0, 0.05) is 0 Å². The summed E-state index contributed by atoms with van der Waals surface area (Å²) in [5.41, 5.74) is 0.270. The standard InChI is InChI=1S/C13H14FNO4/c1-8-5-4-6-9(12(8)14)15-10(13(17)19-3)7-11(16)18-2/h4-7,15H,1-3H3/b10-7+. The van der Waals surface area contributed by atoms with Crippen LogP contribution in [0, 0.1) is 12.7 Å². The van der Waals surface area contributed by atoms with Crippen LogP contribution in [0.2, 0.25) is 0 Å². The molecule has 0 saturated carbocycles. The zero-order chi connectivity index (χ0) is 14.4. The average Bonchev–Trinajstić information content (AvgIpc) is 2.41. The number of halogens is 1. The minimum Gasteiger partial charge on any atom is -0.466 e. The first-order valence-electron chi connectivity index (χ1n) is 5.39. The van der Waals surface area contributed by atoms with E-state index >= 15 is 0 Å². The van der Waals surface area contributed by atoms with Gasteiger partial charge in [-0.2, -0.15) is 0 Å². The smallest absolute Gasteiger partial charge is 0.354 e. The number of carbonyl (C=O) groups is 2. The molecule has 0 fully saturated rings. The van der Waals surface area contributed by atoms with Crippen molar-refractivity contribution in [1.82, 2.24) is 0 Å². The maximum Gasteiger partial charge on any atom is 0.354 e. The molecule has 0 spiro atoms. The lowest BCUT2D eigenvalue weighted by molar-refractivity contribution is -0.138. The third-order valence-electron chi connectivity index (χ3n) is 2.33. The van der Waals surface area contributed by atoms with Crippen LogP contribution in [0.1, 0.15) is 5.56 Å². The molecule has 5 nitrogen and oxygen atoms in total. The highest BCUT2D eigenvalue weighted by Gasteiger charge is 2.15. The quantitative estimate of drug-likeness (QED) is 0.665. The molecule has 0 heterocycles. The summed E-state index contributed by atoms with van der Waals surface area (Å²) >= 11 is 0. The van der Waals surface area contributed by atoms with Gasteiger partial charge in [-0.3, -0.25) is 0 Å². The van der Waals surface area contributed by atoms with Gasteiger partial charge in [-0.15, -0.1) is 0 Å². The molecular weight excluding hydrogens is 253 g/mol. The monoisotopic (exact) mass is 267 g/mol. The van der Waals surface area contributed by atoms with Gasteiger partial charge in [-0.1, -0.05) is 12.1 Å². The molecule has 0 aliphatic carbocycles. The third-order valence-corrected chi connectivity index (χ3v) is 2.33. The molecule has 1 rings (SSSR count). The van der Waals surface area contributed by atoms with Gasteiger partial charge in [-0.25, -0.2) is 14.0 Å². The highest BCUT2D eigenvalue weighted by molar-refractivity contribution is 5.98. The second kappa shape index (κ2) is 6.53. The summed E-state index contributed by atoms with van der Waals surface area (Å²) in [7, 11) is 2.32. The fourth-order valence-electron chi connectivity index (χ4n) is 1.32. The molecule has 0 amide bonds. The van der Waals surface area contributed by atoms with Crippen LogP contribution in [0.5, 0.6) is 0 Å². The van der Waals surface area contributed by atoms with Crippen molar-refractivity contribution in [3.8, 4) is 0 Å². The van der Waals surface area contributed by atoms with E-state index in [1.807, 2.05) is 0 Å². The molecule has 0 aliphatic rings. The summed E-state index contributed by atoms with van der Waals surface area (Å²) in [5, 5.41) is 2.51. The number of ether oxygens (including phenoxy) is 2. The Morgan fingerprint density at radius 3 is 2.53 bits per heavy atom. The zero-order valence-corrected chi connectivity index (χ0v) is 10.8. The number of carbonyl (C=O) groups excluding carboxylic acids is 2. The lowest BCUT2D eigenvalue weighted by atomic mass is 10.2. The van der Waals surface area contributed by atoms with Crippen molar-refractivity contribution in [3.05, 3.63) is 41.4 Å². The van der Waals surface area contributed by atoms with E-state index in [4.69, 9.17) is 0 Å². The van der Waals surface area contributed by atoms with Crippen LogP contribution in [0.4, 0.5) is 10.1 Å². The summed E-state index contributed by atoms with van der Waals surface area (Å²) in [6.07, 6.45) is 0.896. The molecule has 6 heteroatoms. The van der Waals surface area contributed by atoms with Gasteiger partial charge >= 0.3 is 11.9 Å². The van der Waals surface area contributed by atoms with Crippen molar-refractivity contribution >= 4 is 17.6 Å². The second-order valence-corrected chi connectivity index (χ2v) is 3.63. The molecule has 0 unspecified atom stereocenters. The van der Waals surface area contributed by atoms with Gasteiger partial charge in [0.25, 0.3) is 0 Å². The van der Waals surface area contributed by atoms with Gasteiger partial charge in [0.15, 0.2) is 0 Å². The van der Waals surface area contributed by atoms with E-state index in [0.717, 1.165) is 13.2 Å². The Bertz CT molecular complexity index is 525. The number of aryl methyl sites for hydroxylation is 1. The van der Waals surface area contributed by atoms with E-state index in [9.17, 15) is 14.0 Å². The Labute approximate surface area is 110 Å². The number of benzene rings is 1. The molecule has 1 N–H and O–H groups in total. The molecule has 102 valence electrons. The topological polar surface area (TPSA) is 64.6 Å². The van der Waals surface area contributed by atoms with Crippen molar-refractivity contribution in [1.29, 1.82) is 0 Å². The molecule has 19 heavy (non-hydrogen) atoms. The van der Waals surface area contributed by atoms with Gasteiger partial charge < -0.3 is 14.8 Å². The predicted octanol–water partition coefficient (Wildman–Crippen LogP) is 1.78. The maximum absolute atomic E-state index is 13.8. The molecule has 0 aromatic heterocycles. The van der Waals surface area contributed by atoms with E-state index in [1.54, 1.807) is 19.1 Å². The first kappa shape index (κ1) is 14.7. The van der Waals surface area contributed by atoms with E-state index in [-0.39, 0.29) is 11.4 Å². The van der Waals surface area contributed by atoms with Crippen LogP contribution in [0.25, 0.3) is 0 Å². The number of esters is 2. The highest BCUT2D eigenvalue weighted by atomic mass is 19.1. The molecule has 0 radical (unpaired) electrons. The summed E-state index contributed by atoms with van der Waals surface area (Å²) in [4.78, 5) is 22.6. The first-order valence-corrected chi connectivity index (χ1v) is 5.39. The molecule has 0 atom stereocenters. The molecule has 0 saturated heterocycles. The fourth-order valence-corrected chi connectivity index (χ4v) is 1.32. The van der Waals surface area contributed by atoms with Crippen molar-refractivity contribution in [2.24, 2.45) is 0 Å². The SMILES string of the molecule is COC(=O)/C=C(/Nc1cccc(C)c1F)C(=O)OC. The lowest BCUT2D eigenvalue weighted by Gasteiger charge is -2.10. The van der Waals surface area contributed by atoms with Crippen LogP contribution >= 0.6 is 0 Å². The van der Waals surface area contributed by atoms with Gasteiger partial charge in [0.05, 0.1) is 26.0 Å². The Balaban J connectivity index is 3.08. The minimum atomic E-state index is -0.800. The number of methoxy groups -OCH3 is 2. The van der Waals surface area contributed by atoms with Crippen LogP contribution in [0.3, 0.4) is 0 Å². The van der Waals surface area contributed by atoms with Crippen LogP contribution in [-0.4, -0.2) is 26.2 Å². The van der Waals surface area contributed by atoms with Crippen molar-refractivity contribution in [3.63, 3.8) is 0 Å². The predicted molar refractivity (Wildman–Crippen MR) is 66.9 cm³/mol. The normalized spacial score (nSPS) is 10.8. The highest BCUT2D eigenvalue weighted by Crippen LogP contribution is 2.19. The summed E-state index contributed by atoms with van der Waals surface area (Å²) in [5.74, 6) is -2.06. The third kappa shape index (κ3) is 3.80. The average molecular weight is 267 g/mol. The Hall–Kier alpha value is -2.37. The van der Waals surface area contributed by atoms with E-state index < -0.39 is 17.8 Å². The number of hydrogen-bond donors (Lipinski definition) is 1. The van der Waals surface area contributed by atoms with Gasteiger partial charge in [0.2, 0.25) is 0 Å². The maximum atomic E-state index is 13.8. The van der Waals surface area contributed by atoms with Gasteiger partial charge in [0.1, 0.15) is 11.5 Å². The molecule has 1 aromatic carbocycles. The van der Waals surface area contributed by atoms with Crippen LogP contribution in [-0.2, 0) is 19.1 Å². The number of nitrogens with one attached hydrogen (secondary N) is 1. The van der Waals surface area contributed by atoms with Crippen molar-refractivity contribution < 1.29 is 23.5 Å². The van der Waals surface area contributed by atoms with E-state index in [0.29, 0.717) is 5.56 Å². The number of hydrogen-bond acceptors (Lipinski definition) is 5. The Kier molecular flexibility index (Phi) is 5.05. The minimum absolute atomic E-state index is 0.0700. The van der Waals surface area contributed by atoms with Crippen LogP contribution < -0.4 is 5.32 Å². The van der Waals surface area contributed by atoms with E-state index in [1.165, 1.54) is 13.2 Å². The lowest BCUT2D eigenvalue weighted by Crippen LogP contribution is -2.16. The molecule has 0 bridgehead atoms. The largest absolute Gasteiger partial charge is 0.466 e.